The summed E-state index contributed by atoms with van der Waals surface area (Å²) in [4.78, 5) is 13.1. The van der Waals surface area contributed by atoms with Gasteiger partial charge in [-0.1, -0.05) is 215 Å². The topological polar surface area (TPSA) is 214 Å². The average molecular weight is 1080 g/mol. The third kappa shape index (κ3) is 34.4. The smallest absolute Gasteiger partial charge is 0.306 e. The molecule has 0 radical (unpaired) electrons. The molecule has 2 aliphatic heterocycles. The molecule has 0 aromatic carbocycles. The summed E-state index contributed by atoms with van der Waals surface area (Å²) < 4.78 is 34.4. The van der Waals surface area contributed by atoms with Crippen LogP contribution in [0.1, 0.15) is 213 Å². The van der Waals surface area contributed by atoms with Crippen LogP contribution < -0.4 is 0 Å². The van der Waals surface area contributed by atoms with Crippen molar-refractivity contribution in [2.45, 2.75) is 280 Å². The number of aliphatic hydroxyl groups excluding tert-OH is 7. The van der Waals surface area contributed by atoms with Crippen molar-refractivity contribution in [1.29, 1.82) is 0 Å². The Morgan fingerprint density at radius 3 is 1.33 bits per heavy atom. The van der Waals surface area contributed by atoms with Crippen molar-refractivity contribution in [2.75, 3.05) is 33.0 Å². The van der Waals surface area contributed by atoms with Crippen LogP contribution in [0.25, 0.3) is 0 Å². The summed E-state index contributed by atoms with van der Waals surface area (Å²) in [6.07, 6.45) is 45.3. The van der Waals surface area contributed by atoms with Crippen LogP contribution in [0.15, 0.2) is 72.9 Å². The molecule has 0 aromatic rings. The van der Waals surface area contributed by atoms with Gasteiger partial charge in [0.2, 0.25) is 0 Å². The summed E-state index contributed by atoms with van der Waals surface area (Å²) in [5.41, 5.74) is 0. The fraction of sp³-hybridized carbons (Fsp3) is 0.790. The third-order valence-corrected chi connectivity index (χ3v) is 14.0. The van der Waals surface area contributed by atoms with Crippen LogP contribution in [-0.2, 0) is 33.2 Å². The molecule has 0 spiro atoms. The highest BCUT2D eigenvalue weighted by Crippen LogP contribution is 2.27. The highest BCUT2D eigenvalue weighted by atomic mass is 16.7. The van der Waals surface area contributed by atoms with Crippen molar-refractivity contribution < 1.29 is 69.0 Å². The molecule has 14 nitrogen and oxygen atoms in total. The van der Waals surface area contributed by atoms with Crippen LogP contribution in [0.3, 0.4) is 0 Å². The molecule has 76 heavy (non-hydrogen) atoms. The van der Waals surface area contributed by atoms with Crippen LogP contribution >= 0.6 is 0 Å². The second kappa shape index (κ2) is 48.3. The first kappa shape index (κ1) is 69.5. The zero-order valence-electron chi connectivity index (χ0n) is 47.2. The van der Waals surface area contributed by atoms with Crippen molar-refractivity contribution in [3.05, 3.63) is 72.9 Å². The summed E-state index contributed by atoms with van der Waals surface area (Å²) in [7, 11) is 0. The molecular formula is C62H108O14. The molecule has 440 valence electrons. The molecule has 2 aliphatic rings. The molecule has 14 heteroatoms. The summed E-state index contributed by atoms with van der Waals surface area (Å²) in [5.74, 6) is -0.387. The maximum Gasteiger partial charge on any atom is 0.306 e. The van der Waals surface area contributed by atoms with E-state index in [4.69, 9.17) is 28.4 Å². The van der Waals surface area contributed by atoms with E-state index in [2.05, 4.69) is 86.8 Å². The fourth-order valence-corrected chi connectivity index (χ4v) is 9.17. The van der Waals surface area contributed by atoms with Crippen molar-refractivity contribution >= 4 is 5.97 Å². The Morgan fingerprint density at radius 2 is 0.855 bits per heavy atom. The molecule has 2 rings (SSSR count). The number of hydrogen-bond acceptors (Lipinski definition) is 14. The summed E-state index contributed by atoms with van der Waals surface area (Å²) in [5, 5.41) is 72.4. The summed E-state index contributed by atoms with van der Waals surface area (Å²) in [6.45, 7) is 3.51. The minimum Gasteiger partial charge on any atom is -0.457 e. The Labute approximate surface area is 459 Å². The highest BCUT2D eigenvalue weighted by molar-refractivity contribution is 5.69. The van der Waals surface area contributed by atoms with Gasteiger partial charge in [-0.05, 0) is 64.2 Å². The zero-order valence-corrected chi connectivity index (χ0v) is 47.2. The second-order valence-corrected chi connectivity index (χ2v) is 20.8. The molecule has 7 N–H and O–H groups in total. The quantitative estimate of drug-likeness (QED) is 0.0172. The first-order valence-corrected chi connectivity index (χ1v) is 30.0. The number of carbonyl (C=O) groups is 1. The minimum atomic E-state index is -1.72. The lowest BCUT2D eigenvalue weighted by molar-refractivity contribution is -0.332. The molecule has 0 saturated carbocycles. The van der Waals surface area contributed by atoms with E-state index in [9.17, 15) is 40.5 Å². The van der Waals surface area contributed by atoms with E-state index in [-0.39, 0.29) is 25.6 Å². The lowest BCUT2D eigenvalue weighted by Crippen LogP contribution is -2.61. The van der Waals surface area contributed by atoms with Crippen LogP contribution in [0, 0.1) is 0 Å². The number of allylic oxidation sites excluding steroid dienone is 12. The van der Waals surface area contributed by atoms with E-state index >= 15 is 0 Å². The Morgan fingerprint density at radius 1 is 0.447 bits per heavy atom. The molecular weight excluding hydrogens is 969 g/mol. The molecule has 0 aromatic heterocycles. The third-order valence-electron chi connectivity index (χ3n) is 14.0. The van der Waals surface area contributed by atoms with Gasteiger partial charge in [-0.15, -0.1) is 0 Å². The Bertz CT molecular complexity index is 1530. The van der Waals surface area contributed by atoms with Gasteiger partial charge in [0.15, 0.2) is 12.6 Å². The van der Waals surface area contributed by atoms with Gasteiger partial charge >= 0.3 is 5.97 Å². The molecule has 11 unspecified atom stereocenters. The highest BCUT2D eigenvalue weighted by Gasteiger charge is 2.47. The van der Waals surface area contributed by atoms with Crippen molar-refractivity contribution in [2.24, 2.45) is 0 Å². The maximum absolute atomic E-state index is 13.1. The van der Waals surface area contributed by atoms with Gasteiger partial charge in [-0.2, -0.15) is 0 Å². The predicted molar refractivity (Wildman–Crippen MR) is 302 cm³/mol. The van der Waals surface area contributed by atoms with E-state index in [1.807, 2.05) is 0 Å². The standard InChI is InChI=1S/C62H108O14/c1-3-5-7-9-11-13-15-17-19-21-23-25-26-28-30-32-34-36-38-40-42-44-46-71-48-51(74-54(64)45-43-41-39-37-35-33-31-29-27-24-22-20-18-16-14-12-10-8-6-4-2)49-72-61-60(70)58(68)56(66)53(76-61)50-73-62-59(69)57(67)55(65)52(47-63)75-62/h5,7,11,13,17,19,23,25,28,30,34,36,51-53,55-63,65-70H,3-4,6,8-10,12,14-16,18,20-22,24,26-27,29,31-33,35,37-50H2,1-2H3/b7-5-,13-11-,19-17-,25-23-,30-28-,36-34-. The largest absolute Gasteiger partial charge is 0.457 e. The van der Waals surface area contributed by atoms with E-state index in [1.165, 1.54) is 103 Å². The van der Waals surface area contributed by atoms with Crippen LogP contribution in [0.5, 0.6) is 0 Å². The van der Waals surface area contributed by atoms with Gasteiger partial charge in [0.1, 0.15) is 54.9 Å². The van der Waals surface area contributed by atoms with Crippen molar-refractivity contribution in [1.82, 2.24) is 0 Å². The first-order valence-electron chi connectivity index (χ1n) is 30.0. The molecule has 0 amide bonds. The SMILES string of the molecule is CC/C=C\C/C=C\C/C=C\C/C=C\C/C=C\C/C=C\CCCCCOCC(COC1OC(COC2OC(CO)C(O)C(O)C2O)C(O)C(O)C1O)OC(=O)CCCCCCCCCCCCCCCCCCCCCC. The van der Waals surface area contributed by atoms with E-state index in [1.54, 1.807) is 0 Å². The van der Waals surface area contributed by atoms with Gasteiger partial charge in [0.25, 0.3) is 0 Å². The molecule has 11 atom stereocenters. The Hall–Kier alpha value is -2.57. The monoisotopic (exact) mass is 1080 g/mol. The number of carbonyl (C=O) groups excluding carboxylic acids is 1. The van der Waals surface area contributed by atoms with Gasteiger partial charge in [-0.25, -0.2) is 0 Å². The predicted octanol–water partition coefficient (Wildman–Crippen LogP) is 11.0. The maximum atomic E-state index is 13.1. The average Bonchev–Trinajstić information content (AvgIpc) is 3.42. The van der Waals surface area contributed by atoms with E-state index in [0.29, 0.717) is 13.0 Å². The molecule has 0 bridgehead atoms. The van der Waals surface area contributed by atoms with Crippen LogP contribution in [0.2, 0.25) is 0 Å². The van der Waals surface area contributed by atoms with E-state index in [0.717, 1.165) is 83.5 Å². The second-order valence-electron chi connectivity index (χ2n) is 20.8. The lowest BCUT2D eigenvalue weighted by atomic mass is 9.98. The summed E-state index contributed by atoms with van der Waals surface area (Å²) in [6, 6.07) is 0. The molecule has 2 saturated heterocycles. The first-order chi connectivity index (χ1) is 37.1. The fourth-order valence-electron chi connectivity index (χ4n) is 9.17. The Balaban J connectivity index is 1.73. The van der Waals surface area contributed by atoms with Gasteiger partial charge in [0, 0.05) is 13.0 Å². The van der Waals surface area contributed by atoms with Crippen molar-refractivity contribution in [3.63, 3.8) is 0 Å². The van der Waals surface area contributed by atoms with E-state index < -0.39 is 80.7 Å². The van der Waals surface area contributed by atoms with Gasteiger partial charge in [0.05, 0.1) is 26.4 Å². The summed E-state index contributed by atoms with van der Waals surface area (Å²) >= 11 is 0. The molecule has 0 aliphatic carbocycles. The number of aliphatic hydroxyl groups is 7. The number of rotatable bonds is 48. The van der Waals surface area contributed by atoms with Gasteiger partial charge in [-0.3, -0.25) is 4.79 Å². The normalized spacial score (nSPS) is 25.0. The van der Waals surface area contributed by atoms with Crippen LogP contribution in [-0.4, -0.2) is 142 Å². The minimum absolute atomic E-state index is 0.0375. The molecule has 2 fully saturated rings. The lowest BCUT2D eigenvalue weighted by Gasteiger charge is -2.42. The number of ether oxygens (including phenoxy) is 6. The molecule has 2 heterocycles. The zero-order chi connectivity index (χ0) is 55.1. The van der Waals surface area contributed by atoms with Crippen molar-refractivity contribution in [3.8, 4) is 0 Å². The number of hydrogen-bond donors (Lipinski definition) is 7. The van der Waals surface area contributed by atoms with Gasteiger partial charge < -0.3 is 64.2 Å². The van der Waals surface area contributed by atoms with Crippen LogP contribution in [0.4, 0.5) is 0 Å². The Kier molecular flexibility index (Phi) is 44.2. The number of unbranched alkanes of at least 4 members (excludes halogenated alkanes) is 22. The number of esters is 1.